The van der Waals surface area contributed by atoms with E-state index >= 15 is 0 Å². The van der Waals surface area contributed by atoms with Crippen LogP contribution in [-0.4, -0.2) is 12.5 Å². The van der Waals surface area contributed by atoms with Gasteiger partial charge in [-0.2, -0.15) is 0 Å². The number of nitrogens with zero attached hydrogens (tertiary/aromatic N) is 1. The predicted molar refractivity (Wildman–Crippen MR) is 78.5 cm³/mol. The van der Waals surface area contributed by atoms with Crippen LogP contribution in [0, 0.1) is 5.82 Å². The maximum atomic E-state index is 13.9. The largest absolute Gasteiger partial charge is 0.399 e. The molecule has 0 fully saturated rings. The number of rotatable bonds is 4. The molecule has 0 aromatic heterocycles. The van der Waals surface area contributed by atoms with E-state index in [1.54, 1.807) is 35.2 Å². The van der Waals surface area contributed by atoms with Crippen LogP contribution in [0.15, 0.2) is 42.5 Å². The molecule has 0 radical (unpaired) electrons. The summed E-state index contributed by atoms with van der Waals surface area (Å²) in [5, 5.41) is 0. The third kappa shape index (κ3) is 2.56. The second kappa shape index (κ2) is 5.61. The van der Waals surface area contributed by atoms with E-state index in [2.05, 4.69) is 0 Å². The van der Waals surface area contributed by atoms with E-state index in [0.29, 0.717) is 23.6 Å². The molecule has 0 bridgehead atoms. The molecular weight excluding hydrogens is 257 g/mol. The van der Waals surface area contributed by atoms with Gasteiger partial charge in [0.1, 0.15) is 5.82 Å². The molecule has 104 valence electrons. The number of carbonyl (C=O) groups is 1. The average Bonchev–Trinajstić information content (AvgIpc) is 2.42. The molecule has 1 amide bonds. The van der Waals surface area contributed by atoms with Crippen LogP contribution in [0.2, 0.25) is 0 Å². The molecule has 0 saturated carbocycles. The molecule has 20 heavy (non-hydrogen) atoms. The monoisotopic (exact) mass is 273 g/mol. The summed E-state index contributed by atoms with van der Waals surface area (Å²) in [5.41, 5.74) is 12.7. The molecule has 4 N–H and O–H groups in total. The molecule has 0 aliphatic heterocycles. The van der Waals surface area contributed by atoms with E-state index in [1.165, 1.54) is 12.1 Å². The van der Waals surface area contributed by atoms with Gasteiger partial charge in [-0.15, -0.1) is 0 Å². The highest BCUT2D eigenvalue weighted by Gasteiger charge is 2.17. The van der Waals surface area contributed by atoms with E-state index in [-0.39, 0.29) is 11.4 Å². The van der Waals surface area contributed by atoms with Gasteiger partial charge in [-0.1, -0.05) is 12.1 Å². The number of nitrogen functional groups attached to an aromatic ring is 1. The molecule has 2 aromatic carbocycles. The van der Waals surface area contributed by atoms with Gasteiger partial charge in [0.2, 0.25) is 0 Å². The van der Waals surface area contributed by atoms with Crippen molar-refractivity contribution < 1.29 is 9.18 Å². The number of carbonyl (C=O) groups excluding carboxylic acids is 1. The Balaban J connectivity index is 2.58. The lowest BCUT2D eigenvalue weighted by Gasteiger charge is -2.25. The number of hydrogen-bond acceptors (Lipinski definition) is 3. The van der Waals surface area contributed by atoms with E-state index in [1.807, 2.05) is 6.92 Å². The van der Waals surface area contributed by atoms with Crippen LogP contribution in [0.25, 0.3) is 0 Å². The molecule has 0 atom stereocenters. The predicted octanol–water partition coefficient (Wildman–Crippen LogP) is 2.66. The zero-order valence-corrected chi connectivity index (χ0v) is 11.1. The molecule has 2 rings (SSSR count). The third-order valence-electron chi connectivity index (χ3n) is 3.04. The van der Waals surface area contributed by atoms with Crippen molar-refractivity contribution in [3.05, 3.63) is 53.8 Å². The summed E-state index contributed by atoms with van der Waals surface area (Å²) >= 11 is 0. The smallest absolute Gasteiger partial charge is 0.250 e. The fourth-order valence-corrected chi connectivity index (χ4v) is 2.13. The van der Waals surface area contributed by atoms with Crippen LogP contribution in [0.5, 0.6) is 0 Å². The van der Waals surface area contributed by atoms with Crippen LogP contribution in [0.3, 0.4) is 0 Å². The molecule has 5 heteroatoms. The number of benzene rings is 2. The van der Waals surface area contributed by atoms with Crippen LogP contribution in [0.4, 0.5) is 21.5 Å². The molecule has 0 saturated heterocycles. The highest BCUT2D eigenvalue weighted by molar-refractivity contribution is 6.00. The summed E-state index contributed by atoms with van der Waals surface area (Å²) in [7, 11) is 0. The lowest BCUT2D eigenvalue weighted by molar-refractivity contribution is 0.100. The lowest BCUT2D eigenvalue weighted by Crippen LogP contribution is -2.22. The summed E-state index contributed by atoms with van der Waals surface area (Å²) in [4.78, 5) is 13.2. The van der Waals surface area contributed by atoms with Crippen LogP contribution in [-0.2, 0) is 0 Å². The molecule has 0 unspecified atom stereocenters. The Kier molecular flexibility index (Phi) is 3.89. The fraction of sp³-hybridized carbons (Fsp3) is 0.133. The van der Waals surface area contributed by atoms with Gasteiger partial charge in [-0.05, 0) is 37.3 Å². The molecule has 0 aliphatic rings. The number of hydrogen-bond donors (Lipinski definition) is 2. The first-order valence-electron chi connectivity index (χ1n) is 6.26. The maximum Gasteiger partial charge on any atom is 0.250 e. The van der Waals surface area contributed by atoms with E-state index in [4.69, 9.17) is 11.5 Å². The third-order valence-corrected chi connectivity index (χ3v) is 3.04. The summed E-state index contributed by atoms with van der Waals surface area (Å²) in [6.45, 7) is 2.36. The van der Waals surface area contributed by atoms with Gasteiger partial charge < -0.3 is 16.4 Å². The molecule has 2 aromatic rings. The van der Waals surface area contributed by atoms with E-state index in [9.17, 15) is 9.18 Å². The Bertz CT molecular complexity index is 643. The van der Waals surface area contributed by atoms with Crippen molar-refractivity contribution in [3.63, 3.8) is 0 Å². The van der Waals surface area contributed by atoms with Gasteiger partial charge in [-0.3, -0.25) is 4.79 Å². The molecular formula is C15H16FN3O. The minimum atomic E-state index is -0.595. The van der Waals surface area contributed by atoms with Crippen molar-refractivity contribution >= 4 is 23.0 Å². The highest BCUT2D eigenvalue weighted by Crippen LogP contribution is 2.31. The number of anilines is 3. The minimum Gasteiger partial charge on any atom is -0.399 e. The normalized spacial score (nSPS) is 10.3. The lowest BCUT2D eigenvalue weighted by atomic mass is 10.1. The standard InChI is InChI=1S/C15H16FN3O/c1-2-19(14-6-4-3-5-12(14)16)13-8-7-10(17)9-11(13)15(18)20/h3-9H,2,17H2,1H3,(H2,18,20). The number of nitrogens with two attached hydrogens (primary N) is 2. The Labute approximate surface area is 116 Å². The van der Waals surface area contributed by atoms with Crippen molar-refractivity contribution in [2.24, 2.45) is 5.73 Å². The van der Waals surface area contributed by atoms with Crippen LogP contribution < -0.4 is 16.4 Å². The van der Waals surface area contributed by atoms with Gasteiger partial charge in [0.25, 0.3) is 5.91 Å². The highest BCUT2D eigenvalue weighted by atomic mass is 19.1. The van der Waals surface area contributed by atoms with Crippen molar-refractivity contribution in [1.29, 1.82) is 0 Å². The van der Waals surface area contributed by atoms with Crippen molar-refractivity contribution in [3.8, 4) is 0 Å². The summed E-state index contributed by atoms with van der Waals surface area (Å²) < 4.78 is 13.9. The SMILES string of the molecule is CCN(c1ccccc1F)c1ccc(N)cc1C(N)=O. The Morgan fingerprint density at radius 2 is 1.90 bits per heavy atom. The zero-order valence-electron chi connectivity index (χ0n) is 11.1. The van der Waals surface area contributed by atoms with Crippen molar-refractivity contribution in [2.75, 3.05) is 17.2 Å². The number of para-hydroxylation sites is 1. The molecule has 4 nitrogen and oxygen atoms in total. The van der Waals surface area contributed by atoms with Crippen LogP contribution >= 0.6 is 0 Å². The van der Waals surface area contributed by atoms with E-state index in [0.717, 1.165) is 0 Å². The zero-order chi connectivity index (χ0) is 14.7. The number of primary amides is 1. The summed E-state index contributed by atoms with van der Waals surface area (Å²) in [6, 6.07) is 11.2. The average molecular weight is 273 g/mol. The summed E-state index contributed by atoms with van der Waals surface area (Å²) in [6.07, 6.45) is 0. The van der Waals surface area contributed by atoms with Crippen LogP contribution in [0.1, 0.15) is 17.3 Å². The van der Waals surface area contributed by atoms with Gasteiger partial charge in [0.15, 0.2) is 0 Å². The quantitative estimate of drug-likeness (QED) is 0.841. The van der Waals surface area contributed by atoms with Crippen molar-refractivity contribution in [1.82, 2.24) is 0 Å². The first-order chi connectivity index (χ1) is 9.54. The van der Waals surface area contributed by atoms with Gasteiger partial charge in [0, 0.05) is 12.2 Å². The fourth-order valence-electron chi connectivity index (χ4n) is 2.13. The van der Waals surface area contributed by atoms with Crippen molar-refractivity contribution in [2.45, 2.75) is 6.92 Å². The van der Waals surface area contributed by atoms with Gasteiger partial charge >= 0.3 is 0 Å². The van der Waals surface area contributed by atoms with E-state index < -0.39 is 5.91 Å². The maximum absolute atomic E-state index is 13.9. The Hall–Kier alpha value is -2.56. The van der Waals surface area contributed by atoms with Gasteiger partial charge in [-0.25, -0.2) is 4.39 Å². The topological polar surface area (TPSA) is 72.3 Å². The number of halogens is 1. The Morgan fingerprint density at radius 1 is 1.20 bits per heavy atom. The van der Waals surface area contributed by atoms with Gasteiger partial charge in [0.05, 0.1) is 16.9 Å². The molecule has 0 aliphatic carbocycles. The number of amides is 1. The Morgan fingerprint density at radius 3 is 2.50 bits per heavy atom. The summed E-state index contributed by atoms with van der Waals surface area (Å²) in [5.74, 6) is -0.955. The first-order valence-corrected chi connectivity index (χ1v) is 6.26. The molecule has 0 spiro atoms. The first kappa shape index (κ1) is 13.9. The minimum absolute atomic E-state index is 0.273. The second-order valence-electron chi connectivity index (χ2n) is 4.34. The second-order valence-corrected chi connectivity index (χ2v) is 4.34. The molecule has 0 heterocycles.